The zero-order chi connectivity index (χ0) is 7.84. The summed E-state index contributed by atoms with van der Waals surface area (Å²) in [5.74, 6) is 0. The van der Waals surface area contributed by atoms with E-state index in [-0.39, 0.29) is 0 Å². The van der Waals surface area contributed by atoms with Crippen LogP contribution in [0.1, 0.15) is 11.1 Å². The molecular formula is C9H10IN. The van der Waals surface area contributed by atoms with Crippen molar-refractivity contribution in [2.24, 2.45) is 5.73 Å². The average molecular weight is 259 g/mol. The van der Waals surface area contributed by atoms with Crippen molar-refractivity contribution in [2.45, 2.75) is 18.9 Å². The zero-order valence-electron chi connectivity index (χ0n) is 6.18. The minimum Gasteiger partial charge on any atom is -0.327 e. The van der Waals surface area contributed by atoms with Gasteiger partial charge in [0.2, 0.25) is 0 Å². The summed E-state index contributed by atoms with van der Waals surface area (Å²) in [6.45, 7) is 0. The lowest BCUT2D eigenvalue weighted by molar-refractivity contribution is 0.721. The number of hydrogen-bond donors (Lipinski definition) is 1. The largest absolute Gasteiger partial charge is 0.327 e. The molecule has 0 saturated carbocycles. The Labute approximate surface area is 80.1 Å². The van der Waals surface area contributed by atoms with Crippen LogP contribution >= 0.6 is 22.6 Å². The van der Waals surface area contributed by atoms with E-state index in [0.717, 1.165) is 12.8 Å². The van der Waals surface area contributed by atoms with Gasteiger partial charge in [0.1, 0.15) is 0 Å². The monoisotopic (exact) mass is 259 g/mol. The third-order valence-electron chi connectivity index (χ3n) is 2.13. The van der Waals surface area contributed by atoms with Gasteiger partial charge < -0.3 is 5.73 Å². The van der Waals surface area contributed by atoms with Crippen LogP contribution in [0.4, 0.5) is 0 Å². The van der Waals surface area contributed by atoms with Gasteiger partial charge in [-0.1, -0.05) is 6.07 Å². The fourth-order valence-electron chi connectivity index (χ4n) is 1.62. The predicted molar refractivity (Wildman–Crippen MR) is 54.5 cm³/mol. The van der Waals surface area contributed by atoms with Gasteiger partial charge in [-0.3, -0.25) is 0 Å². The molecule has 1 aromatic carbocycles. The first-order chi connectivity index (χ1) is 5.25. The Morgan fingerprint density at radius 1 is 1.27 bits per heavy atom. The normalized spacial score (nSPS) is 21.8. The first-order valence-corrected chi connectivity index (χ1v) is 4.86. The molecule has 11 heavy (non-hydrogen) atoms. The summed E-state index contributed by atoms with van der Waals surface area (Å²) in [7, 11) is 0. The van der Waals surface area contributed by atoms with Crippen molar-refractivity contribution < 1.29 is 0 Å². The summed E-state index contributed by atoms with van der Waals surface area (Å²) in [4.78, 5) is 0. The zero-order valence-corrected chi connectivity index (χ0v) is 8.34. The van der Waals surface area contributed by atoms with Crippen LogP contribution in [0.5, 0.6) is 0 Å². The molecule has 0 radical (unpaired) electrons. The van der Waals surface area contributed by atoms with Gasteiger partial charge in [0.15, 0.2) is 0 Å². The standard InChI is InChI=1S/C9H10IN/c10-8-2-1-6-4-9(11)5-7(6)3-8/h1-3,9H,4-5,11H2/t9-/m1/s1. The van der Waals surface area contributed by atoms with Crippen LogP contribution in [0.25, 0.3) is 0 Å². The Balaban J connectivity index is 2.43. The molecule has 0 saturated heterocycles. The van der Waals surface area contributed by atoms with Crippen LogP contribution < -0.4 is 5.73 Å². The first kappa shape index (κ1) is 7.55. The van der Waals surface area contributed by atoms with Crippen molar-refractivity contribution in [3.63, 3.8) is 0 Å². The van der Waals surface area contributed by atoms with E-state index in [0.29, 0.717) is 6.04 Å². The second kappa shape index (κ2) is 2.75. The fraction of sp³-hybridized carbons (Fsp3) is 0.333. The smallest absolute Gasteiger partial charge is 0.0133 e. The molecule has 0 spiro atoms. The predicted octanol–water partition coefficient (Wildman–Crippen LogP) is 1.72. The lowest BCUT2D eigenvalue weighted by atomic mass is 10.1. The molecule has 0 unspecified atom stereocenters. The third kappa shape index (κ3) is 1.42. The van der Waals surface area contributed by atoms with Gasteiger partial charge in [-0.15, -0.1) is 0 Å². The van der Waals surface area contributed by atoms with Gasteiger partial charge >= 0.3 is 0 Å². The van der Waals surface area contributed by atoms with Crippen molar-refractivity contribution in [3.8, 4) is 0 Å². The first-order valence-electron chi connectivity index (χ1n) is 3.78. The Kier molecular flexibility index (Phi) is 1.89. The van der Waals surface area contributed by atoms with Crippen molar-refractivity contribution >= 4 is 22.6 Å². The maximum absolute atomic E-state index is 5.83. The van der Waals surface area contributed by atoms with Crippen molar-refractivity contribution in [2.75, 3.05) is 0 Å². The minimum absolute atomic E-state index is 0.364. The number of hydrogen-bond acceptors (Lipinski definition) is 1. The summed E-state index contributed by atoms with van der Waals surface area (Å²) in [5, 5.41) is 0. The molecule has 2 N–H and O–H groups in total. The quantitative estimate of drug-likeness (QED) is 0.705. The summed E-state index contributed by atoms with van der Waals surface area (Å²) in [6, 6.07) is 6.95. The molecule has 0 bridgehead atoms. The van der Waals surface area contributed by atoms with Crippen LogP contribution in [0.2, 0.25) is 0 Å². The Morgan fingerprint density at radius 2 is 2.00 bits per heavy atom. The van der Waals surface area contributed by atoms with Crippen LogP contribution in [-0.2, 0) is 12.8 Å². The minimum atomic E-state index is 0.364. The van der Waals surface area contributed by atoms with Crippen LogP contribution in [-0.4, -0.2) is 6.04 Å². The Hall–Kier alpha value is -0.0900. The topological polar surface area (TPSA) is 26.0 Å². The van der Waals surface area contributed by atoms with E-state index in [4.69, 9.17) is 5.73 Å². The lowest BCUT2D eigenvalue weighted by Gasteiger charge is -1.96. The van der Waals surface area contributed by atoms with Crippen molar-refractivity contribution in [1.29, 1.82) is 0 Å². The van der Waals surface area contributed by atoms with Gasteiger partial charge in [0.05, 0.1) is 0 Å². The van der Waals surface area contributed by atoms with E-state index >= 15 is 0 Å². The van der Waals surface area contributed by atoms with E-state index in [2.05, 4.69) is 40.8 Å². The molecule has 0 amide bonds. The average Bonchev–Trinajstić information content (AvgIpc) is 2.27. The molecule has 1 atom stereocenters. The number of halogens is 1. The SMILES string of the molecule is N[C@@H]1Cc2ccc(I)cc2C1. The van der Waals surface area contributed by atoms with E-state index in [9.17, 15) is 0 Å². The van der Waals surface area contributed by atoms with Gasteiger partial charge in [0, 0.05) is 9.61 Å². The summed E-state index contributed by atoms with van der Waals surface area (Å²) >= 11 is 2.34. The summed E-state index contributed by atoms with van der Waals surface area (Å²) in [6.07, 6.45) is 2.12. The molecule has 58 valence electrons. The molecule has 0 heterocycles. The van der Waals surface area contributed by atoms with Crippen molar-refractivity contribution in [3.05, 3.63) is 32.9 Å². The van der Waals surface area contributed by atoms with Crippen LogP contribution in [0.3, 0.4) is 0 Å². The molecule has 1 nitrogen and oxygen atoms in total. The number of benzene rings is 1. The maximum atomic E-state index is 5.83. The molecular weight excluding hydrogens is 249 g/mol. The highest BCUT2D eigenvalue weighted by molar-refractivity contribution is 14.1. The van der Waals surface area contributed by atoms with Gasteiger partial charge in [-0.2, -0.15) is 0 Å². The summed E-state index contributed by atoms with van der Waals surface area (Å²) < 4.78 is 1.32. The van der Waals surface area contributed by atoms with Crippen LogP contribution in [0.15, 0.2) is 18.2 Å². The van der Waals surface area contributed by atoms with E-state index in [1.165, 1.54) is 14.7 Å². The van der Waals surface area contributed by atoms with E-state index in [1.807, 2.05) is 0 Å². The molecule has 2 heteroatoms. The Bertz CT molecular complexity index is 283. The Morgan fingerprint density at radius 3 is 2.82 bits per heavy atom. The second-order valence-corrected chi connectivity index (χ2v) is 4.33. The molecule has 1 aliphatic carbocycles. The van der Waals surface area contributed by atoms with E-state index in [1.54, 1.807) is 0 Å². The summed E-state index contributed by atoms with van der Waals surface area (Å²) in [5.41, 5.74) is 8.72. The van der Waals surface area contributed by atoms with Gasteiger partial charge in [-0.05, 0) is 58.7 Å². The third-order valence-corrected chi connectivity index (χ3v) is 2.80. The second-order valence-electron chi connectivity index (χ2n) is 3.08. The fourth-order valence-corrected chi connectivity index (χ4v) is 2.18. The number of rotatable bonds is 0. The van der Waals surface area contributed by atoms with Crippen LogP contribution in [0, 0.1) is 3.57 Å². The highest BCUT2D eigenvalue weighted by Crippen LogP contribution is 2.22. The number of nitrogens with two attached hydrogens (primary N) is 1. The van der Waals surface area contributed by atoms with Crippen molar-refractivity contribution in [1.82, 2.24) is 0 Å². The molecule has 0 fully saturated rings. The maximum Gasteiger partial charge on any atom is 0.0133 e. The molecule has 2 rings (SSSR count). The number of fused-ring (bicyclic) bond motifs is 1. The van der Waals surface area contributed by atoms with E-state index < -0.39 is 0 Å². The molecule has 1 aliphatic rings. The lowest BCUT2D eigenvalue weighted by Crippen LogP contribution is -2.18. The molecule has 0 aliphatic heterocycles. The molecule has 1 aromatic rings. The molecule has 0 aromatic heterocycles. The van der Waals surface area contributed by atoms with Gasteiger partial charge in [-0.25, -0.2) is 0 Å². The van der Waals surface area contributed by atoms with Gasteiger partial charge in [0.25, 0.3) is 0 Å². The highest BCUT2D eigenvalue weighted by Gasteiger charge is 2.17. The highest BCUT2D eigenvalue weighted by atomic mass is 127.